The molecule has 2 unspecified atom stereocenters. The van der Waals surface area contributed by atoms with Crippen LogP contribution in [-0.2, 0) is 62.0 Å². The first-order valence-electron chi connectivity index (χ1n) is 16.0. The summed E-state index contributed by atoms with van der Waals surface area (Å²) < 4.78 is 52.2. The molecule has 0 spiro atoms. The number of halogens is 1. The van der Waals surface area contributed by atoms with E-state index in [0.29, 0.717) is 5.56 Å². The quantitative estimate of drug-likeness (QED) is 0.186. The molecule has 1 aliphatic rings. The fourth-order valence-electron chi connectivity index (χ4n) is 5.34. The van der Waals surface area contributed by atoms with Crippen molar-refractivity contribution in [1.29, 1.82) is 0 Å². The van der Waals surface area contributed by atoms with E-state index in [1.165, 1.54) is 40.0 Å². The van der Waals surface area contributed by atoms with Crippen molar-refractivity contribution in [2.75, 3.05) is 7.11 Å². The van der Waals surface area contributed by atoms with E-state index in [4.69, 9.17) is 32.8 Å². The second-order valence-corrected chi connectivity index (χ2v) is 12.3. The van der Waals surface area contributed by atoms with E-state index in [9.17, 15) is 38.0 Å². The lowest BCUT2D eigenvalue weighted by Gasteiger charge is -2.43. The van der Waals surface area contributed by atoms with Crippen LogP contribution >= 0.6 is 0 Å². The topological polar surface area (TPSA) is 256 Å². The zero-order valence-corrected chi connectivity index (χ0v) is 30.3. The molecule has 1 saturated heterocycles. The maximum atomic E-state index is 14.2. The molecule has 1 aromatic carbocycles. The minimum atomic E-state index is -2.04. The molecule has 0 saturated carbocycles. The molecular formula is C33H37FN6O14. The Hall–Kier alpha value is -6.25. The highest BCUT2D eigenvalue weighted by atomic mass is 19.1. The van der Waals surface area contributed by atoms with Gasteiger partial charge in [-0.25, -0.2) is 14.2 Å². The highest BCUT2D eigenvalue weighted by Gasteiger charge is 2.56. The molecular weight excluding hydrogens is 723 g/mol. The van der Waals surface area contributed by atoms with Crippen molar-refractivity contribution in [3.63, 3.8) is 0 Å². The lowest BCUT2D eigenvalue weighted by Crippen LogP contribution is -2.64. The third-order valence-electron chi connectivity index (χ3n) is 7.60. The first-order valence-corrected chi connectivity index (χ1v) is 16.0. The lowest BCUT2D eigenvalue weighted by atomic mass is 9.97. The van der Waals surface area contributed by atoms with Crippen molar-refractivity contribution >= 4 is 35.7 Å². The van der Waals surface area contributed by atoms with E-state index < -0.39 is 101 Å². The molecule has 2 aromatic heterocycles. The number of aromatic nitrogens is 4. The SMILES string of the molecule is COC(=O)[C@H]1O[C@@H](Oc2c(C(=O)NCc3ccc(F)cc3)nc(C(C)(C)NC(=O)c3nnc(C)o3)n(C)c2=O)C(OC(C)=O)C(OC(C)=O)[C@@H]1OC(C)=O. The van der Waals surface area contributed by atoms with Gasteiger partial charge >= 0.3 is 35.7 Å². The van der Waals surface area contributed by atoms with Crippen LogP contribution < -0.4 is 20.9 Å². The van der Waals surface area contributed by atoms with Gasteiger partial charge in [0.1, 0.15) is 11.6 Å². The van der Waals surface area contributed by atoms with Gasteiger partial charge < -0.3 is 43.5 Å². The van der Waals surface area contributed by atoms with Crippen LogP contribution in [0.5, 0.6) is 5.75 Å². The molecule has 54 heavy (non-hydrogen) atoms. The van der Waals surface area contributed by atoms with Crippen molar-refractivity contribution < 1.29 is 66.0 Å². The van der Waals surface area contributed by atoms with Gasteiger partial charge in [0, 0.05) is 41.3 Å². The number of rotatable bonds is 12. The predicted octanol–water partition coefficient (Wildman–Crippen LogP) is 0.278. The third-order valence-corrected chi connectivity index (χ3v) is 7.60. The Morgan fingerprint density at radius 3 is 2.06 bits per heavy atom. The molecule has 0 aliphatic carbocycles. The lowest BCUT2D eigenvalue weighted by molar-refractivity contribution is -0.282. The monoisotopic (exact) mass is 760 g/mol. The Morgan fingerprint density at radius 1 is 0.907 bits per heavy atom. The van der Waals surface area contributed by atoms with Crippen LogP contribution in [0.15, 0.2) is 33.5 Å². The van der Waals surface area contributed by atoms with Gasteiger partial charge in [-0.2, -0.15) is 0 Å². The van der Waals surface area contributed by atoms with Gasteiger partial charge in [0.05, 0.1) is 12.6 Å². The fraction of sp³-hybridized carbons (Fsp3) is 0.455. The molecule has 1 fully saturated rings. The second-order valence-electron chi connectivity index (χ2n) is 12.3. The minimum absolute atomic E-state index is 0.103. The summed E-state index contributed by atoms with van der Waals surface area (Å²) >= 11 is 0. The van der Waals surface area contributed by atoms with E-state index in [1.807, 2.05) is 0 Å². The summed E-state index contributed by atoms with van der Waals surface area (Å²) in [5.74, 6) is -7.78. The molecule has 3 heterocycles. The zero-order valence-electron chi connectivity index (χ0n) is 30.3. The molecule has 5 atom stereocenters. The number of ether oxygens (including phenoxy) is 6. The number of esters is 4. The molecule has 0 radical (unpaired) electrons. The van der Waals surface area contributed by atoms with Crippen LogP contribution in [0.4, 0.5) is 4.39 Å². The van der Waals surface area contributed by atoms with E-state index >= 15 is 0 Å². The smallest absolute Gasteiger partial charge is 0.339 e. The Balaban J connectivity index is 1.86. The highest BCUT2D eigenvalue weighted by molar-refractivity contribution is 5.95. The van der Waals surface area contributed by atoms with E-state index in [0.717, 1.165) is 44.6 Å². The summed E-state index contributed by atoms with van der Waals surface area (Å²) in [6.45, 7) is 7.13. The number of hydrogen-bond donors (Lipinski definition) is 2. The average Bonchev–Trinajstić information content (AvgIpc) is 3.53. The minimum Gasteiger partial charge on any atom is -0.467 e. The van der Waals surface area contributed by atoms with Crippen LogP contribution in [0.2, 0.25) is 0 Å². The first kappa shape index (κ1) is 40.5. The number of benzene rings is 1. The molecule has 2 N–H and O–H groups in total. The number of hydrogen-bond acceptors (Lipinski definition) is 17. The molecule has 2 amide bonds. The van der Waals surface area contributed by atoms with E-state index in [1.54, 1.807) is 0 Å². The first-order chi connectivity index (χ1) is 25.3. The predicted molar refractivity (Wildman–Crippen MR) is 175 cm³/mol. The number of methoxy groups -OCH3 is 1. The van der Waals surface area contributed by atoms with Crippen LogP contribution in [0.3, 0.4) is 0 Å². The zero-order chi connectivity index (χ0) is 40.1. The Labute approximate surface area is 305 Å². The van der Waals surface area contributed by atoms with Gasteiger partial charge in [-0.3, -0.25) is 33.3 Å². The molecule has 1 aliphatic heterocycles. The standard InChI is InChI=1S/C33H37FN6O14/c1-14-38-39-28(49-14)27(45)37-33(5,6)32-36-20(26(44)35-13-18-9-11-19(34)12-10-18)21(29(46)40(32)7)53-31-25(52-17(4)43)23(51-16(3)42)22(50-15(2)41)24(54-31)30(47)48-8/h9-12,22-25,31H,13H2,1-8H3,(H,35,44)(H,37,45)/t22-,23?,24-,25?,31+/m0/s1. The maximum Gasteiger partial charge on any atom is 0.339 e. The second kappa shape index (κ2) is 16.6. The number of nitrogens with zero attached hydrogens (tertiary/aromatic N) is 4. The van der Waals surface area contributed by atoms with Gasteiger partial charge in [-0.1, -0.05) is 12.1 Å². The van der Waals surface area contributed by atoms with Crippen molar-refractivity contribution in [3.8, 4) is 5.75 Å². The summed E-state index contributed by atoms with van der Waals surface area (Å²) in [7, 11) is 2.22. The largest absolute Gasteiger partial charge is 0.467 e. The Morgan fingerprint density at radius 2 is 1.50 bits per heavy atom. The normalized spacial score (nSPS) is 19.5. The summed E-state index contributed by atoms with van der Waals surface area (Å²) in [6, 6.07) is 5.12. The number of carbonyl (C=O) groups excluding carboxylic acids is 6. The molecule has 4 rings (SSSR count). The van der Waals surface area contributed by atoms with Gasteiger partial charge in [0.25, 0.3) is 11.5 Å². The average molecular weight is 761 g/mol. The van der Waals surface area contributed by atoms with Gasteiger partial charge in [-0.15, -0.1) is 10.2 Å². The number of amides is 2. The van der Waals surface area contributed by atoms with Crippen LogP contribution in [0, 0.1) is 12.7 Å². The summed E-state index contributed by atoms with van der Waals surface area (Å²) in [5.41, 5.74) is -2.84. The van der Waals surface area contributed by atoms with Gasteiger partial charge in [0.15, 0.2) is 24.0 Å². The molecule has 290 valence electrons. The van der Waals surface area contributed by atoms with Gasteiger partial charge in [-0.05, 0) is 31.5 Å². The van der Waals surface area contributed by atoms with Crippen LogP contribution in [0.25, 0.3) is 0 Å². The molecule has 3 aromatic rings. The van der Waals surface area contributed by atoms with Crippen molar-refractivity contribution in [1.82, 2.24) is 30.4 Å². The van der Waals surface area contributed by atoms with E-state index in [-0.39, 0.29) is 18.3 Å². The molecule has 20 nitrogen and oxygen atoms in total. The molecule has 0 bridgehead atoms. The fourth-order valence-corrected chi connectivity index (χ4v) is 5.34. The third kappa shape index (κ3) is 9.40. The van der Waals surface area contributed by atoms with E-state index in [2.05, 4.69) is 25.8 Å². The summed E-state index contributed by atoms with van der Waals surface area (Å²) in [4.78, 5) is 95.1. The Bertz CT molecular complexity index is 2000. The summed E-state index contributed by atoms with van der Waals surface area (Å²) in [6.07, 6.45) is -9.31. The van der Waals surface area contributed by atoms with Crippen molar-refractivity contribution in [2.24, 2.45) is 7.05 Å². The van der Waals surface area contributed by atoms with Crippen LogP contribution in [-0.4, -0.2) is 93.3 Å². The number of carbonyl (C=O) groups is 6. The number of aryl methyl sites for hydroxylation is 1. The summed E-state index contributed by atoms with van der Waals surface area (Å²) in [5, 5.41) is 12.5. The Kier molecular flexibility index (Phi) is 12.5. The maximum absolute atomic E-state index is 14.2. The van der Waals surface area contributed by atoms with Crippen molar-refractivity contribution in [2.45, 2.75) is 84.3 Å². The van der Waals surface area contributed by atoms with Crippen molar-refractivity contribution in [3.05, 3.63) is 69.3 Å². The molecule has 21 heteroatoms. The van der Waals surface area contributed by atoms with Gasteiger partial charge in [0.2, 0.25) is 24.0 Å². The number of nitrogens with one attached hydrogen (secondary N) is 2. The van der Waals surface area contributed by atoms with Crippen LogP contribution in [0.1, 0.15) is 73.1 Å². The highest BCUT2D eigenvalue weighted by Crippen LogP contribution is 2.32.